The first-order valence-electron chi connectivity index (χ1n) is 7.10. The minimum atomic E-state index is -3.48. The van der Waals surface area contributed by atoms with Crippen LogP contribution in [0, 0.1) is 6.92 Å². The molecule has 0 radical (unpaired) electrons. The van der Waals surface area contributed by atoms with Crippen molar-refractivity contribution >= 4 is 21.6 Å². The Balaban J connectivity index is 2.49. The maximum atomic E-state index is 12.1. The summed E-state index contributed by atoms with van der Waals surface area (Å²) in [6.45, 7) is 5.10. The average Bonchev–Trinajstić information content (AvgIpc) is 2.77. The number of sulfonamides is 1. The topological polar surface area (TPSA) is 64.0 Å². The van der Waals surface area contributed by atoms with E-state index in [9.17, 15) is 8.42 Å². The molecule has 0 amide bonds. The van der Waals surface area contributed by atoms with Crippen molar-refractivity contribution in [3.63, 3.8) is 0 Å². The summed E-state index contributed by atoms with van der Waals surface area (Å²) in [4.78, 5) is 4.12. The second-order valence-corrected chi connectivity index (χ2v) is 6.91. The Bertz CT molecular complexity index is 500. The van der Waals surface area contributed by atoms with E-state index >= 15 is 0 Å². The highest BCUT2D eigenvalue weighted by Gasteiger charge is 2.18. The maximum Gasteiger partial charge on any atom is 0.259 e. The molecule has 0 aliphatic heterocycles. The largest absolute Gasteiger partial charge is 0.334 e. The van der Waals surface area contributed by atoms with Crippen molar-refractivity contribution in [2.45, 2.75) is 57.5 Å². The number of rotatable bonds is 10. The molecule has 0 aromatic carbocycles. The Morgan fingerprint density at radius 3 is 2.65 bits per heavy atom. The van der Waals surface area contributed by atoms with Gasteiger partial charge in [-0.05, 0) is 26.2 Å². The van der Waals surface area contributed by atoms with Gasteiger partial charge in [0, 0.05) is 25.2 Å². The Hall–Kier alpha value is -0.590. The number of aryl methyl sites for hydroxylation is 2. The molecule has 0 aliphatic rings. The van der Waals surface area contributed by atoms with Crippen molar-refractivity contribution in [2.75, 3.05) is 12.4 Å². The van der Waals surface area contributed by atoms with Crippen LogP contribution in [0.2, 0.25) is 0 Å². The Kier molecular flexibility index (Phi) is 7.55. The highest BCUT2D eigenvalue weighted by Crippen LogP contribution is 2.10. The van der Waals surface area contributed by atoms with E-state index in [-0.39, 0.29) is 5.03 Å². The van der Waals surface area contributed by atoms with Crippen LogP contribution in [-0.4, -0.2) is 30.4 Å². The molecular weight excluding hydrogens is 298 g/mol. The molecule has 0 saturated heterocycles. The molecule has 20 heavy (non-hydrogen) atoms. The molecule has 5 nitrogen and oxygen atoms in total. The van der Waals surface area contributed by atoms with Gasteiger partial charge in [0.25, 0.3) is 10.0 Å². The third-order valence-electron chi connectivity index (χ3n) is 3.05. The van der Waals surface area contributed by atoms with Crippen LogP contribution in [0.4, 0.5) is 0 Å². The van der Waals surface area contributed by atoms with Gasteiger partial charge in [-0.2, -0.15) is 0 Å². The molecule has 1 aromatic heterocycles. The van der Waals surface area contributed by atoms with Crippen LogP contribution in [0.5, 0.6) is 0 Å². The summed E-state index contributed by atoms with van der Waals surface area (Å²) in [6.07, 6.45) is 6.38. The van der Waals surface area contributed by atoms with Crippen molar-refractivity contribution in [2.24, 2.45) is 0 Å². The van der Waals surface area contributed by atoms with E-state index < -0.39 is 10.0 Å². The molecule has 1 rings (SSSR count). The lowest BCUT2D eigenvalue weighted by Crippen LogP contribution is -2.25. The van der Waals surface area contributed by atoms with Gasteiger partial charge in [-0.3, -0.25) is 0 Å². The van der Waals surface area contributed by atoms with Gasteiger partial charge in [0.05, 0.1) is 0 Å². The lowest BCUT2D eigenvalue weighted by atomic mass is 10.2. The Labute approximate surface area is 126 Å². The first kappa shape index (κ1) is 17.5. The number of alkyl halides is 1. The number of unbranched alkanes of at least 4 members (excludes halogenated alkanes) is 3. The number of hydrogen-bond donors (Lipinski definition) is 1. The minimum Gasteiger partial charge on any atom is -0.334 e. The van der Waals surface area contributed by atoms with Crippen molar-refractivity contribution in [1.29, 1.82) is 0 Å². The average molecular weight is 322 g/mol. The molecule has 116 valence electrons. The lowest BCUT2D eigenvalue weighted by Gasteiger charge is -2.04. The third-order valence-corrected chi connectivity index (χ3v) is 4.65. The summed E-state index contributed by atoms with van der Waals surface area (Å²) in [7, 11) is -3.48. The molecule has 0 bridgehead atoms. The van der Waals surface area contributed by atoms with Gasteiger partial charge in [0.2, 0.25) is 0 Å². The molecule has 1 N–H and O–H groups in total. The second kappa shape index (κ2) is 8.64. The maximum absolute atomic E-state index is 12.1. The predicted molar refractivity (Wildman–Crippen MR) is 81.6 cm³/mol. The van der Waals surface area contributed by atoms with Crippen LogP contribution in [0.1, 0.15) is 44.9 Å². The van der Waals surface area contributed by atoms with Crippen LogP contribution >= 0.6 is 11.6 Å². The van der Waals surface area contributed by atoms with Crippen LogP contribution < -0.4 is 4.72 Å². The first-order chi connectivity index (χ1) is 9.51. The zero-order chi connectivity index (χ0) is 15.0. The van der Waals surface area contributed by atoms with Gasteiger partial charge in [0.15, 0.2) is 5.03 Å². The van der Waals surface area contributed by atoms with Crippen molar-refractivity contribution in [3.8, 4) is 0 Å². The summed E-state index contributed by atoms with van der Waals surface area (Å²) in [5.41, 5.74) is 0. The van der Waals surface area contributed by atoms with Crippen LogP contribution in [0.25, 0.3) is 0 Å². The van der Waals surface area contributed by atoms with Gasteiger partial charge in [-0.1, -0.05) is 19.8 Å². The van der Waals surface area contributed by atoms with E-state index in [1.54, 1.807) is 6.20 Å². The number of aromatic nitrogens is 2. The molecule has 1 heterocycles. The summed E-state index contributed by atoms with van der Waals surface area (Å²) in [5, 5.41) is 0.115. The number of imidazole rings is 1. The number of halogens is 1. The molecule has 0 atom stereocenters. The molecule has 0 aliphatic carbocycles. The molecule has 0 fully saturated rings. The first-order valence-corrected chi connectivity index (χ1v) is 9.12. The van der Waals surface area contributed by atoms with E-state index in [2.05, 4.69) is 9.71 Å². The van der Waals surface area contributed by atoms with E-state index in [1.165, 1.54) is 0 Å². The molecule has 0 saturated carbocycles. The lowest BCUT2D eigenvalue weighted by molar-refractivity contribution is 0.570. The smallest absolute Gasteiger partial charge is 0.259 e. The van der Waals surface area contributed by atoms with E-state index in [0.717, 1.165) is 44.5 Å². The Morgan fingerprint density at radius 2 is 2.00 bits per heavy atom. The number of nitrogens with zero attached hydrogens (tertiary/aromatic N) is 2. The van der Waals surface area contributed by atoms with Crippen molar-refractivity contribution in [3.05, 3.63) is 12.0 Å². The monoisotopic (exact) mass is 321 g/mol. The highest BCUT2D eigenvalue weighted by atomic mass is 35.5. The summed E-state index contributed by atoms with van der Waals surface area (Å²) < 4.78 is 28.6. The second-order valence-electron chi connectivity index (χ2n) is 4.82. The van der Waals surface area contributed by atoms with Gasteiger partial charge < -0.3 is 4.57 Å². The molecule has 7 heteroatoms. The number of nitrogens with one attached hydrogen (secondary N) is 1. The van der Waals surface area contributed by atoms with E-state index in [4.69, 9.17) is 11.6 Å². The van der Waals surface area contributed by atoms with Crippen LogP contribution in [0.15, 0.2) is 11.2 Å². The summed E-state index contributed by atoms with van der Waals surface area (Å²) in [5.74, 6) is 1.40. The fourth-order valence-electron chi connectivity index (χ4n) is 1.93. The SMILES string of the molecule is CCCn1cc(S(=O)(=O)NCCCCCCCl)nc1C. The van der Waals surface area contributed by atoms with Crippen LogP contribution in [0.3, 0.4) is 0 Å². The zero-order valence-electron chi connectivity index (χ0n) is 12.2. The molecular formula is C13H24ClN3O2S. The van der Waals surface area contributed by atoms with Crippen molar-refractivity contribution in [1.82, 2.24) is 14.3 Å². The van der Waals surface area contributed by atoms with Crippen LogP contribution in [-0.2, 0) is 16.6 Å². The predicted octanol–water partition coefficient (Wildman–Crippen LogP) is 2.68. The quantitative estimate of drug-likeness (QED) is 0.532. The fourth-order valence-corrected chi connectivity index (χ4v) is 3.20. The highest BCUT2D eigenvalue weighted by molar-refractivity contribution is 7.89. The van der Waals surface area contributed by atoms with E-state index in [1.807, 2.05) is 18.4 Å². The van der Waals surface area contributed by atoms with Gasteiger partial charge in [0.1, 0.15) is 5.82 Å². The third kappa shape index (κ3) is 5.42. The number of hydrogen-bond acceptors (Lipinski definition) is 3. The standard InChI is InChI=1S/C13H24ClN3O2S/c1-3-10-17-11-13(16-12(17)2)20(18,19)15-9-7-5-4-6-8-14/h11,15H,3-10H2,1-2H3. The minimum absolute atomic E-state index is 0.115. The van der Waals surface area contributed by atoms with Gasteiger partial charge in [-0.25, -0.2) is 18.1 Å². The normalized spacial score (nSPS) is 11.9. The van der Waals surface area contributed by atoms with E-state index in [0.29, 0.717) is 12.4 Å². The fraction of sp³-hybridized carbons (Fsp3) is 0.769. The molecule has 0 unspecified atom stereocenters. The zero-order valence-corrected chi connectivity index (χ0v) is 13.8. The Morgan fingerprint density at radius 1 is 1.30 bits per heavy atom. The summed E-state index contributed by atoms with van der Waals surface area (Å²) >= 11 is 5.59. The molecule has 0 spiro atoms. The summed E-state index contributed by atoms with van der Waals surface area (Å²) in [6, 6.07) is 0. The molecule has 1 aromatic rings. The van der Waals surface area contributed by atoms with Gasteiger partial charge in [-0.15, -0.1) is 11.6 Å². The van der Waals surface area contributed by atoms with Gasteiger partial charge >= 0.3 is 0 Å². The van der Waals surface area contributed by atoms with Crippen molar-refractivity contribution < 1.29 is 8.42 Å².